The molecule has 0 bridgehead atoms. The third kappa shape index (κ3) is 8.13. The first-order valence-electron chi connectivity index (χ1n) is 11.5. The van der Waals surface area contributed by atoms with Crippen molar-refractivity contribution in [3.63, 3.8) is 0 Å². The standard InChI is InChI=1S/C27H28BrN3O5/c1-3-14-35-24-12-10-19(16-25(24)34-4-2)27(33)31-29-17-20-15-21(28)11-13-23(20)36-18-26(32)30-22-8-6-5-7-9-22/h5-13,15-17H,3-4,14,18H2,1-2H3,(H,30,32)(H,31,33)/b29-17+. The molecule has 0 saturated carbocycles. The molecule has 36 heavy (non-hydrogen) atoms. The van der Waals surface area contributed by atoms with Gasteiger partial charge < -0.3 is 19.5 Å². The first kappa shape index (κ1) is 26.7. The second kappa shape index (κ2) is 13.9. The van der Waals surface area contributed by atoms with Gasteiger partial charge in [0.1, 0.15) is 5.75 Å². The SMILES string of the molecule is CCCOc1ccc(C(=O)N/N=C/c2cc(Br)ccc2OCC(=O)Nc2ccccc2)cc1OCC. The van der Waals surface area contributed by atoms with Crippen molar-refractivity contribution in [2.75, 3.05) is 25.1 Å². The summed E-state index contributed by atoms with van der Waals surface area (Å²) >= 11 is 3.42. The smallest absolute Gasteiger partial charge is 0.271 e. The zero-order chi connectivity index (χ0) is 25.8. The van der Waals surface area contributed by atoms with Gasteiger partial charge in [-0.1, -0.05) is 41.1 Å². The average molecular weight is 554 g/mol. The van der Waals surface area contributed by atoms with Crippen LogP contribution in [0.1, 0.15) is 36.2 Å². The Morgan fingerprint density at radius 2 is 1.69 bits per heavy atom. The number of nitrogens with zero attached hydrogens (tertiary/aromatic N) is 1. The zero-order valence-electron chi connectivity index (χ0n) is 20.1. The molecule has 0 spiro atoms. The minimum Gasteiger partial charge on any atom is -0.490 e. The van der Waals surface area contributed by atoms with Gasteiger partial charge in [-0.15, -0.1) is 0 Å². The molecule has 3 aromatic rings. The topological polar surface area (TPSA) is 98.3 Å². The minimum absolute atomic E-state index is 0.184. The molecule has 0 atom stereocenters. The number of carbonyl (C=O) groups excluding carboxylic acids is 2. The summed E-state index contributed by atoms with van der Waals surface area (Å²) in [5, 5.41) is 6.83. The normalized spacial score (nSPS) is 10.6. The highest BCUT2D eigenvalue weighted by atomic mass is 79.9. The number of nitrogens with one attached hydrogen (secondary N) is 2. The summed E-state index contributed by atoms with van der Waals surface area (Å²) in [7, 11) is 0. The van der Waals surface area contributed by atoms with Crippen LogP contribution in [-0.2, 0) is 4.79 Å². The summed E-state index contributed by atoms with van der Waals surface area (Å²) in [6.45, 7) is 4.70. The maximum absolute atomic E-state index is 12.6. The van der Waals surface area contributed by atoms with Gasteiger partial charge >= 0.3 is 0 Å². The Balaban J connectivity index is 1.64. The quantitative estimate of drug-likeness (QED) is 0.230. The van der Waals surface area contributed by atoms with Gasteiger partial charge in [0.25, 0.3) is 11.8 Å². The van der Waals surface area contributed by atoms with E-state index in [1.165, 1.54) is 6.21 Å². The van der Waals surface area contributed by atoms with Crippen LogP contribution in [0, 0.1) is 0 Å². The van der Waals surface area contributed by atoms with Crippen LogP contribution in [0.3, 0.4) is 0 Å². The van der Waals surface area contributed by atoms with Crippen LogP contribution in [0.2, 0.25) is 0 Å². The average Bonchev–Trinajstić information content (AvgIpc) is 2.88. The van der Waals surface area contributed by atoms with E-state index in [1.807, 2.05) is 32.0 Å². The van der Waals surface area contributed by atoms with E-state index in [9.17, 15) is 9.59 Å². The molecule has 8 nitrogen and oxygen atoms in total. The van der Waals surface area contributed by atoms with Crippen molar-refractivity contribution in [3.8, 4) is 17.2 Å². The fraction of sp³-hybridized carbons (Fsp3) is 0.222. The lowest BCUT2D eigenvalue weighted by Crippen LogP contribution is -2.20. The molecule has 0 unspecified atom stereocenters. The number of hydrazone groups is 1. The summed E-state index contributed by atoms with van der Waals surface area (Å²) in [6.07, 6.45) is 2.32. The van der Waals surface area contributed by atoms with E-state index < -0.39 is 5.91 Å². The van der Waals surface area contributed by atoms with E-state index in [-0.39, 0.29) is 12.5 Å². The summed E-state index contributed by atoms with van der Waals surface area (Å²) in [5.74, 6) is 0.825. The molecule has 2 N–H and O–H groups in total. The number of halogens is 1. The van der Waals surface area contributed by atoms with E-state index in [0.29, 0.717) is 47.3 Å². The fourth-order valence-corrected chi connectivity index (χ4v) is 3.47. The number of amides is 2. The Bertz CT molecular complexity index is 1200. The molecule has 3 rings (SSSR count). The van der Waals surface area contributed by atoms with Gasteiger partial charge in [-0.3, -0.25) is 9.59 Å². The number of para-hydroxylation sites is 1. The largest absolute Gasteiger partial charge is 0.490 e. The van der Waals surface area contributed by atoms with E-state index in [0.717, 1.165) is 10.9 Å². The van der Waals surface area contributed by atoms with Gasteiger partial charge in [0.05, 0.1) is 19.4 Å². The summed E-state index contributed by atoms with van der Waals surface area (Å²) in [4.78, 5) is 24.9. The lowest BCUT2D eigenvalue weighted by Gasteiger charge is -2.12. The molecule has 0 radical (unpaired) electrons. The predicted molar refractivity (Wildman–Crippen MR) is 143 cm³/mol. The van der Waals surface area contributed by atoms with Crippen LogP contribution >= 0.6 is 15.9 Å². The van der Waals surface area contributed by atoms with Crippen LogP contribution in [0.15, 0.2) is 76.3 Å². The Morgan fingerprint density at radius 3 is 2.44 bits per heavy atom. The van der Waals surface area contributed by atoms with Crippen LogP contribution in [-0.4, -0.2) is 37.8 Å². The predicted octanol–water partition coefficient (Wildman–Crippen LogP) is 5.42. The fourth-order valence-electron chi connectivity index (χ4n) is 3.09. The van der Waals surface area contributed by atoms with Crippen LogP contribution in [0.5, 0.6) is 17.2 Å². The molecule has 9 heteroatoms. The first-order chi connectivity index (χ1) is 17.5. The van der Waals surface area contributed by atoms with E-state index in [2.05, 4.69) is 31.8 Å². The van der Waals surface area contributed by atoms with Crippen molar-refractivity contribution < 1.29 is 23.8 Å². The van der Waals surface area contributed by atoms with Crippen molar-refractivity contribution in [2.45, 2.75) is 20.3 Å². The number of carbonyl (C=O) groups is 2. The van der Waals surface area contributed by atoms with E-state index in [1.54, 1.807) is 48.5 Å². The van der Waals surface area contributed by atoms with Crippen molar-refractivity contribution >= 4 is 39.6 Å². The third-order valence-electron chi connectivity index (χ3n) is 4.73. The molecule has 0 aliphatic carbocycles. The number of hydrogen-bond acceptors (Lipinski definition) is 6. The first-order valence-corrected chi connectivity index (χ1v) is 12.3. The monoisotopic (exact) mass is 553 g/mol. The summed E-state index contributed by atoms with van der Waals surface area (Å²) < 4.78 is 17.8. The molecule has 188 valence electrons. The maximum atomic E-state index is 12.6. The summed E-state index contributed by atoms with van der Waals surface area (Å²) in [6, 6.07) is 19.4. The number of ether oxygens (including phenoxy) is 3. The Hall–Kier alpha value is -3.85. The van der Waals surface area contributed by atoms with Gasteiger partial charge in [0.2, 0.25) is 0 Å². The number of anilines is 1. The van der Waals surface area contributed by atoms with Crippen molar-refractivity contribution in [2.24, 2.45) is 5.10 Å². The molecule has 0 saturated heterocycles. The van der Waals surface area contributed by atoms with Gasteiger partial charge in [0, 0.05) is 21.3 Å². The van der Waals surface area contributed by atoms with Crippen molar-refractivity contribution in [1.82, 2.24) is 5.43 Å². The minimum atomic E-state index is -0.408. The van der Waals surface area contributed by atoms with Crippen molar-refractivity contribution in [3.05, 3.63) is 82.3 Å². The van der Waals surface area contributed by atoms with E-state index >= 15 is 0 Å². The van der Waals surface area contributed by atoms with Crippen LogP contribution < -0.4 is 25.0 Å². The second-order valence-corrected chi connectivity index (χ2v) is 8.44. The van der Waals surface area contributed by atoms with Gasteiger partial charge in [0.15, 0.2) is 18.1 Å². The summed E-state index contributed by atoms with van der Waals surface area (Å²) in [5.41, 5.74) is 4.15. The molecule has 2 amide bonds. The number of hydrogen-bond donors (Lipinski definition) is 2. The van der Waals surface area contributed by atoms with E-state index in [4.69, 9.17) is 14.2 Å². The highest BCUT2D eigenvalue weighted by Gasteiger charge is 2.12. The lowest BCUT2D eigenvalue weighted by atomic mass is 10.2. The molecule has 3 aromatic carbocycles. The highest BCUT2D eigenvalue weighted by Crippen LogP contribution is 2.29. The van der Waals surface area contributed by atoms with Gasteiger partial charge in [-0.2, -0.15) is 5.10 Å². The molecule has 0 aromatic heterocycles. The molecule has 0 fully saturated rings. The third-order valence-corrected chi connectivity index (χ3v) is 5.22. The molecule has 0 aliphatic heterocycles. The molecular weight excluding hydrogens is 526 g/mol. The Kier molecular flexibility index (Phi) is 10.3. The second-order valence-electron chi connectivity index (χ2n) is 7.53. The van der Waals surface area contributed by atoms with Crippen molar-refractivity contribution in [1.29, 1.82) is 0 Å². The Morgan fingerprint density at radius 1 is 0.917 bits per heavy atom. The highest BCUT2D eigenvalue weighted by molar-refractivity contribution is 9.10. The number of rotatable bonds is 12. The van der Waals surface area contributed by atoms with Crippen LogP contribution in [0.25, 0.3) is 0 Å². The lowest BCUT2D eigenvalue weighted by molar-refractivity contribution is -0.118. The molecule has 0 aliphatic rings. The van der Waals surface area contributed by atoms with Gasteiger partial charge in [-0.25, -0.2) is 5.43 Å². The Labute approximate surface area is 218 Å². The molecular formula is C27H28BrN3O5. The number of benzene rings is 3. The van der Waals surface area contributed by atoms with Crippen LogP contribution in [0.4, 0.5) is 5.69 Å². The molecule has 0 heterocycles. The maximum Gasteiger partial charge on any atom is 0.271 e. The zero-order valence-corrected chi connectivity index (χ0v) is 21.7. The van der Waals surface area contributed by atoms with Gasteiger partial charge in [-0.05, 0) is 61.9 Å².